The third-order valence-electron chi connectivity index (χ3n) is 13.2. The lowest BCUT2D eigenvalue weighted by atomic mass is 9.96. The fraction of sp³-hybridized carbons (Fsp3) is 0.863. The number of carbonyl (C=O) groups is 1. The van der Waals surface area contributed by atoms with Gasteiger partial charge in [-0.1, -0.05) is 134 Å². The van der Waals surface area contributed by atoms with Crippen LogP contribution in [0.2, 0.25) is 0 Å². The Morgan fingerprint density at radius 3 is 1.43 bits per heavy atom. The Labute approximate surface area is 415 Å². The van der Waals surface area contributed by atoms with Gasteiger partial charge in [-0.25, -0.2) is 0 Å². The van der Waals surface area contributed by atoms with Crippen LogP contribution in [0.5, 0.6) is 0 Å². The van der Waals surface area contributed by atoms with Gasteiger partial charge in [0.2, 0.25) is 5.91 Å². The second-order valence-corrected chi connectivity index (χ2v) is 19.0. The van der Waals surface area contributed by atoms with E-state index in [2.05, 4.69) is 43.5 Å². The molecule has 3 fully saturated rings. The van der Waals surface area contributed by atoms with Crippen molar-refractivity contribution < 1.29 is 89.4 Å². The molecular formula is C51H91NO18. The minimum atomic E-state index is -1.98. The second kappa shape index (κ2) is 36.0. The highest BCUT2D eigenvalue weighted by molar-refractivity contribution is 5.76. The molecule has 17 atom stereocenters. The number of amides is 1. The van der Waals surface area contributed by atoms with Crippen LogP contribution < -0.4 is 5.32 Å². The fourth-order valence-electron chi connectivity index (χ4n) is 8.75. The maximum absolute atomic E-state index is 13.0. The molecule has 3 aliphatic rings. The van der Waals surface area contributed by atoms with Gasteiger partial charge < -0.3 is 89.9 Å². The van der Waals surface area contributed by atoms with Crippen LogP contribution >= 0.6 is 0 Å². The van der Waals surface area contributed by atoms with Crippen molar-refractivity contribution in [1.29, 1.82) is 0 Å². The van der Waals surface area contributed by atoms with Crippen LogP contribution in [0, 0.1) is 0 Å². The van der Waals surface area contributed by atoms with Crippen LogP contribution in [0.4, 0.5) is 0 Å². The van der Waals surface area contributed by atoms with Gasteiger partial charge >= 0.3 is 0 Å². The zero-order valence-corrected chi connectivity index (χ0v) is 41.7. The highest BCUT2D eigenvalue weighted by Gasteiger charge is 2.53. The molecule has 0 aliphatic carbocycles. The number of ether oxygens (including phenoxy) is 6. The van der Waals surface area contributed by atoms with E-state index in [4.69, 9.17) is 28.4 Å². The monoisotopic (exact) mass is 1010 g/mol. The molecule has 408 valence electrons. The molecule has 3 rings (SSSR count). The molecule has 17 unspecified atom stereocenters. The molecular weight excluding hydrogens is 915 g/mol. The molecule has 0 spiro atoms. The second-order valence-electron chi connectivity index (χ2n) is 19.0. The Morgan fingerprint density at radius 1 is 0.500 bits per heavy atom. The summed E-state index contributed by atoms with van der Waals surface area (Å²) in [5.41, 5.74) is 0. The standard InChI is InChI=1S/C51H91NO18/c1-3-5-7-9-10-11-12-13-14-15-16-17-18-19-20-21-22-23-24-25-26-28-35(56)34(52-39(57)29-27-8-6-4-2)33-65-49-45(63)42(60)47(37(31-54)67-49)70-51-46(64)43(61)48(38(32-55)68-51)69-50-44(62)41(59)40(58)36(30-53)66-50/h18-19,22-23,26,28,34-38,40-51,53-56,58-64H,3-17,20-21,24-25,27,29-33H2,1-2H3,(H,52,57)/b19-18+,23-22+,28-26+. The molecule has 3 aliphatic heterocycles. The molecule has 1 amide bonds. The Bertz CT molecular complexity index is 1440. The minimum Gasteiger partial charge on any atom is -0.394 e. The van der Waals surface area contributed by atoms with Crippen LogP contribution in [-0.2, 0) is 33.2 Å². The van der Waals surface area contributed by atoms with Crippen molar-refractivity contribution in [2.24, 2.45) is 0 Å². The van der Waals surface area contributed by atoms with Gasteiger partial charge in [-0.15, -0.1) is 0 Å². The number of rotatable bonds is 36. The predicted molar refractivity (Wildman–Crippen MR) is 259 cm³/mol. The number of aliphatic hydroxyl groups excluding tert-OH is 11. The number of hydrogen-bond donors (Lipinski definition) is 12. The van der Waals surface area contributed by atoms with Gasteiger partial charge in [0.15, 0.2) is 18.9 Å². The average Bonchev–Trinajstić information content (AvgIpc) is 3.35. The van der Waals surface area contributed by atoms with E-state index < -0.39 is 124 Å². The van der Waals surface area contributed by atoms with E-state index in [9.17, 15) is 61.0 Å². The Morgan fingerprint density at radius 2 is 0.914 bits per heavy atom. The number of aliphatic hydroxyl groups is 11. The van der Waals surface area contributed by atoms with E-state index >= 15 is 0 Å². The van der Waals surface area contributed by atoms with Crippen LogP contribution in [0.25, 0.3) is 0 Å². The molecule has 0 aromatic rings. The maximum Gasteiger partial charge on any atom is 0.220 e. The first-order valence-corrected chi connectivity index (χ1v) is 26.2. The molecule has 0 aromatic carbocycles. The molecule has 12 N–H and O–H groups in total. The largest absolute Gasteiger partial charge is 0.394 e. The van der Waals surface area contributed by atoms with Crippen molar-refractivity contribution in [2.75, 3.05) is 26.4 Å². The summed E-state index contributed by atoms with van der Waals surface area (Å²) in [6.07, 6.45) is 8.13. The first-order valence-electron chi connectivity index (χ1n) is 26.2. The molecule has 0 radical (unpaired) electrons. The molecule has 3 saturated heterocycles. The maximum atomic E-state index is 13.0. The van der Waals surface area contributed by atoms with Crippen molar-refractivity contribution >= 4 is 5.91 Å². The summed E-state index contributed by atoms with van der Waals surface area (Å²) >= 11 is 0. The van der Waals surface area contributed by atoms with E-state index in [1.807, 2.05) is 6.08 Å². The number of nitrogens with one attached hydrogen (secondary N) is 1. The van der Waals surface area contributed by atoms with E-state index in [1.165, 1.54) is 70.6 Å². The van der Waals surface area contributed by atoms with Gasteiger partial charge in [0.25, 0.3) is 0 Å². The van der Waals surface area contributed by atoms with Gasteiger partial charge in [0.05, 0.1) is 38.6 Å². The van der Waals surface area contributed by atoms with E-state index in [1.54, 1.807) is 6.08 Å². The summed E-state index contributed by atoms with van der Waals surface area (Å²) in [5.74, 6) is -0.310. The van der Waals surface area contributed by atoms with E-state index in [-0.39, 0.29) is 18.9 Å². The van der Waals surface area contributed by atoms with E-state index in [0.717, 1.165) is 44.9 Å². The van der Waals surface area contributed by atoms with Crippen molar-refractivity contribution in [3.05, 3.63) is 36.5 Å². The topological polar surface area (TPSA) is 307 Å². The highest BCUT2D eigenvalue weighted by Crippen LogP contribution is 2.33. The third-order valence-corrected chi connectivity index (χ3v) is 13.2. The Kier molecular flexibility index (Phi) is 32.1. The molecule has 0 saturated carbocycles. The summed E-state index contributed by atoms with van der Waals surface area (Å²) in [6, 6.07) is -0.988. The van der Waals surface area contributed by atoms with Crippen LogP contribution in [-0.4, -0.2) is 193 Å². The third kappa shape index (κ3) is 21.5. The lowest BCUT2D eigenvalue weighted by Gasteiger charge is -2.48. The molecule has 3 heterocycles. The van der Waals surface area contributed by atoms with Crippen molar-refractivity contribution in [3.63, 3.8) is 0 Å². The number of allylic oxidation sites excluding steroid dienone is 5. The fourth-order valence-corrected chi connectivity index (χ4v) is 8.75. The summed E-state index contributed by atoms with van der Waals surface area (Å²) in [5, 5.41) is 119. The number of hydrogen-bond acceptors (Lipinski definition) is 18. The van der Waals surface area contributed by atoms with Crippen molar-refractivity contribution in [1.82, 2.24) is 5.32 Å². The van der Waals surface area contributed by atoms with Gasteiger partial charge in [-0.3, -0.25) is 4.79 Å². The molecule has 70 heavy (non-hydrogen) atoms. The lowest BCUT2D eigenvalue weighted by molar-refractivity contribution is -0.379. The Hall–Kier alpha value is -1.99. The normalized spacial score (nSPS) is 32.8. The van der Waals surface area contributed by atoms with Gasteiger partial charge in [-0.2, -0.15) is 0 Å². The number of carbonyl (C=O) groups excluding carboxylic acids is 1. The summed E-state index contributed by atoms with van der Waals surface area (Å²) in [6.45, 7) is 1.51. The quantitative estimate of drug-likeness (QED) is 0.0316. The van der Waals surface area contributed by atoms with Gasteiger partial charge in [-0.05, 0) is 44.9 Å². The highest BCUT2D eigenvalue weighted by atomic mass is 16.8. The van der Waals surface area contributed by atoms with Crippen LogP contribution in [0.1, 0.15) is 149 Å². The Balaban J connectivity index is 1.49. The lowest BCUT2D eigenvalue weighted by Crippen LogP contribution is -2.66. The molecule has 19 nitrogen and oxygen atoms in total. The van der Waals surface area contributed by atoms with Crippen LogP contribution in [0.15, 0.2) is 36.5 Å². The minimum absolute atomic E-state index is 0.223. The number of unbranched alkanes of at least 4 members (excludes halogenated alkanes) is 16. The SMILES string of the molecule is CCCCCCCCCCCCC/C=C/CC/C=C/CC/C=C/C(O)C(COC1OC(CO)C(OC2OC(CO)C(OC3OC(CO)C(O)C(O)C3O)C(O)C2O)C(O)C1O)NC(=O)CCCCCC. The molecule has 19 heteroatoms. The van der Waals surface area contributed by atoms with Crippen LogP contribution in [0.3, 0.4) is 0 Å². The van der Waals surface area contributed by atoms with Crippen molar-refractivity contribution in [2.45, 2.75) is 253 Å². The van der Waals surface area contributed by atoms with Gasteiger partial charge in [0, 0.05) is 6.42 Å². The summed E-state index contributed by atoms with van der Waals surface area (Å²) < 4.78 is 33.9. The first kappa shape index (κ1) is 62.3. The summed E-state index contributed by atoms with van der Waals surface area (Å²) in [4.78, 5) is 13.0. The predicted octanol–water partition coefficient (Wildman–Crippen LogP) is 2.20. The smallest absolute Gasteiger partial charge is 0.220 e. The summed E-state index contributed by atoms with van der Waals surface area (Å²) in [7, 11) is 0. The zero-order chi connectivity index (χ0) is 51.3. The van der Waals surface area contributed by atoms with Gasteiger partial charge in [0.1, 0.15) is 73.2 Å². The molecule has 0 aromatic heterocycles. The average molecular weight is 1010 g/mol. The first-order chi connectivity index (χ1) is 33.8. The zero-order valence-electron chi connectivity index (χ0n) is 41.7. The van der Waals surface area contributed by atoms with Crippen molar-refractivity contribution in [3.8, 4) is 0 Å². The van der Waals surface area contributed by atoms with E-state index in [0.29, 0.717) is 12.8 Å². The molecule has 0 bridgehead atoms.